The molecule has 1 atom stereocenters. The lowest BCUT2D eigenvalue weighted by Crippen LogP contribution is -1.95. The van der Waals surface area contributed by atoms with E-state index in [4.69, 9.17) is 16.3 Å². The van der Waals surface area contributed by atoms with Gasteiger partial charge in [0.25, 0.3) is 0 Å². The number of aryl methyl sites for hydroxylation is 1. The molecule has 0 aliphatic rings. The van der Waals surface area contributed by atoms with Crippen LogP contribution in [-0.2, 0) is 6.54 Å². The van der Waals surface area contributed by atoms with E-state index in [0.717, 1.165) is 18.5 Å². The summed E-state index contributed by atoms with van der Waals surface area (Å²) >= 11 is 6.13. The van der Waals surface area contributed by atoms with Crippen molar-refractivity contribution in [3.63, 3.8) is 0 Å². The lowest BCUT2D eigenvalue weighted by molar-refractivity contribution is 0.199. The second-order valence-electron chi connectivity index (χ2n) is 4.41. The zero-order chi connectivity index (χ0) is 13.8. The van der Waals surface area contributed by atoms with E-state index in [-0.39, 0.29) is 0 Å². The average Bonchev–Trinajstić information content (AvgIpc) is 2.79. The molecule has 5 heteroatoms. The molecule has 0 fully saturated rings. The second-order valence-corrected chi connectivity index (χ2v) is 4.81. The maximum Gasteiger partial charge on any atom is 0.165 e. The monoisotopic (exact) mass is 280 g/mol. The van der Waals surface area contributed by atoms with Gasteiger partial charge in [-0.05, 0) is 31.0 Å². The quantitative estimate of drug-likeness (QED) is 0.906. The van der Waals surface area contributed by atoms with Crippen molar-refractivity contribution in [2.75, 3.05) is 0 Å². The number of rotatable bonds is 5. The lowest BCUT2D eigenvalue weighted by atomic mass is 10.1. The molecule has 0 saturated carbocycles. The predicted octanol–water partition coefficient (Wildman–Crippen LogP) is 3.79. The van der Waals surface area contributed by atoms with Crippen molar-refractivity contribution in [3.05, 3.63) is 41.2 Å². The molecular formula is C14H17ClN2O2. The molecule has 0 amide bonds. The summed E-state index contributed by atoms with van der Waals surface area (Å²) in [5, 5.41) is 14.1. The zero-order valence-electron chi connectivity index (χ0n) is 11.0. The van der Waals surface area contributed by atoms with Crippen molar-refractivity contribution in [2.24, 2.45) is 0 Å². The molecule has 0 saturated heterocycles. The largest absolute Gasteiger partial charge is 0.452 e. The van der Waals surface area contributed by atoms with Crippen molar-refractivity contribution in [2.45, 2.75) is 32.9 Å². The smallest absolute Gasteiger partial charge is 0.165 e. The molecule has 19 heavy (non-hydrogen) atoms. The summed E-state index contributed by atoms with van der Waals surface area (Å²) in [5.41, 5.74) is 0.763. The van der Waals surface area contributed by atoms with Crippen molar-refractivity contribution < 1.29 is 9.84 Å². The minimum absolute atomic E-state index is 0.474. The normalized spacial score (nSPS) is 12.4. The van der Waals surface area contributed by atoms with E-state index in [1.54, 1.807) is 31.3 Å². The van der Waals surface area contributed by atoms with Crippen LogP contribution in [0.3, 0.4) is 0 Å². The van der Waals surface area contributed by atoms with E-state index in [1.807, 2.05) is 10.9 Å². The van der Waals surface area contributed by atoms with Gasteiger partial charge < -0.3 is 9.84 Å². The fourth-order valence-corrected chi connectivity index (χ4v) is 1.96. The van der Waals surface area contributed by atoms with E-state index in [2.05, 4.69) is 12.0 Å². The summed E-state index contributed by atoms with van der Waals surface area (Å²) in [6, 6.07) is 5.25. The number of aromatic nitrogens is 2. The molecular weight excluding hydrogens is 264 g/mol. The SMILES string of the molecule is CCCn1cc(Oc2ccc([C@H](C)O)cc2Cl)cn1. The van der Waals surface area contributed by atoms with Gasteiger partial charge in [0.15, 0.2) is 5.75 Å². The maximum absolute atomic E-state index is 9.48. The van der Waals surface area contributed by atoms with E-state index >= 15 is 0 Å². The predicted molar refractivity (Wildman–Crippen MR) is 74.7 cm³/mol. The molecule has 0 unspecified atom stereocenters. The number of halogens is 1. The van der Waals surface area contributed by atoms with Crippen LogP contribution in [0.1, 0.15) is 31.9 Å². The highest BCUT2D eigenvalue weighted by Gasteiger charge is 2.08. The molecule has 0 spiro atoms. The third-order valence-electron chi connectivity index (χ3n) is 2.73. The van der Waals surface area contributed by atoms with Gasteiger partial charge in [-0.25, -0.2) is 0 Å². The molecule has 0 radical (unpaired) electrons. The van der Waals surface area contributed by atoms with Gasteiger partial charge in [-0.3, -0.25) is 4.68 Å². The molecule has 0 aliphatic heterocycles. The van der Waals surface area contributed by atoms with Gasteiger partial charge in [-0.1, -0.05) is 24.6 Å². The van der Waals surface area contributed by atoms with Gasteiger partial charge >= 0.3 is 0 Å². The summed E-state index contributed by atoms with van der Waals surface area (Å²) in [4.78, 5) is 0. The molecule has 1 N–H and O–H groups in total. The van der Waals surface area contributed by atoms with E-state index in [9.17, 15) is 5.11 Å². The van der Waals surface area contributed by atoms with Crippen molar-refractivity contribution >= 4 is 11.6 Å². The van der Waals surface area contributed by atoms with Gasteiger partial charge in [0.05, 0.1) is 23.5 Å². The van der Waals surface area contributed by atoms with Crippen LogP contribution in [0.4, 0.5) is 0 Å². The highest BCUT2D eigenvalue weighted by atomic mass is 35.5. The lowest BCUT2D eigenvalue weighted by Gasteiger charge is -2.09. The van der Waals surface area contributed by atoms with Crippen LogP contribution in [0.5, 0.6) is 11.5 Å². The van der Waals surface area contributed by atoms with Crippen molar-refractivity contribution in [3.8, 4) is 11.5 Å². The van der Waals surface area contributed by atoms with Crippen LogP contribution in [-0.4, -0.2) is 14.9 Å². The Labute approximate surface area is 117 Å². The maximum atomic E-state index is 9.48. The fraction of sp³-hybridized carbons (Fsp3) is 0.357. The summed E-state index contributed by atoms with van der Waals surface area (Å²) in [6.45, 7) is 4.65. The first-order valence-corrected chi connectivity index (χ1v) is 6.65. The van der Waals surface area contributed by atoms with Gasteiger partial charge in [0.2, 0.25) is 0 Å². The Hall–Kier alpha value is -1.52. The number of aliphatic hydroxyl groups is 1. The first-order valence-electron chi connectivity index (χ1n) is 6.28. The summed E-state index contributed by atoms with van der Waals surface area (Å²) in [6.07, 6.45) is 3.97. The van der Waals surface area contributed by atoms with E-state index in [0.29, 0.717) is 16.5 Å². The Morgan fingerprint density at radius 2 is 2.26 bits per heavy atom. The van der Waals surface area contributed by atoms with Crippen molar-refractivity contribution in [1.82, 2.24) is 9.78 Å². The molecule has 4 nitrogen and oxygen atoms in total. The number of ether oxygens (including phenoxy) is 1. The number of nitrogens with zero attached hydrogens (tertiary/aromatic N) is 2. The van der Waals surface area contributed by atoms with Crippen LogP contribution in [0.15, 0.2) is 30.6 Å². The van der Waals surface area contributed by atoms with Crippen LogP contribution in [0.2, 0.25) is 5.02 Å². The van der Waals surface area contributed by atoms with Crippen LogP contribution < -0.4 is 4.74 Å². The van der Waals surface area contributed by atoms with E-state index in [1.165, 1.54) is 0 Å². The molecule has 1 aromatic heterocycles. The highest BCUT2D eigenvalue weighted by molar-refractivity contribution is 6.32. The summed E-state index contributed by atoms with van der Waals surface area (Å²) < 4.78 is 7.50. The van der Waals surface area contributed by atoms with Crippen LogP contribution in [0.25, 0.3) is 0 Å². The fourth-order valence-electron chi connectivity index (χ4n) is 1.74. The summed E-state index contributed by atoms with van der Waals surface area (Å²) in [7, 11) is 0. The van der Waals surface area contributed by atoms with Gasteiger partial charge in [0, 0.05) is 6.54 Å². The van der Waals surface area contributed by atoms with Crippen LogP contribution in [0, 0.1) is 0 Å². The number of hydrogen-bond acceptors (Lipinski definition) is 3. The van der Waals surface area contributed by atoms with Crippen molar-refractivity contribution in [1.29, 1.82) is 0 Å². The Morgan fingerprint density at radius 3 is 2.89 bits per heavy atom. The summed E-state index contributed by atoms with van der Waals surface area (Å²) in [5.74, 6) is 1.21. The molecule has 1 aromatic carbocycles. The van der Waals surface area contributed by atoms with Gasteiger partial charge in [-0.15, -0.1) is 0 Å². The molecule has 102 valence electrons. The number of hydrogen-bond donors (Lipinski definition) is 1. The Kier molecular flexibility index (Phi) is 4.45. The first-order chi connectivity index (χ1) is 9.10. The third-order valence-corrected chi connectivity index (χ3v) is 3.02. The number of aliphatic hydroxyl groups excluding tert-OH is 1. The molecule has 0 aliphatic carbocycles. The third kappa shape index (κ3) is 3.49. The highest BCUT2D eigenvalue weighted by Crippen LogP contribution is 2.31. The standard InChI is InChI=1S/C14H17ClN2O2/c1-3-6-17-9-12(8-16-17)19-14-5-4-11(10(2)18)7-13(14)15/h4-5,7-10,18H,3,6H2,1-2H3/t10-/m0/s1. The Bertz CT molecular complexity index is 552. The first kappa shape index (κ1) is 13.9. The Balaban J connectivity index is 2.13. The molecule has 1 heterocycles. The minimum Gasteiger partial charge on any atom is -0.452 e. The molecule has 2 aromatic rings. The van der Waals surface area contributed by atoms with Crippen LogP contribution >= 0.6 is 11.6 Å². The number of benzene rings is 1. The minimum atomic E-state index is -0.543. The molecule has 0 bridgehead atoms. The van der Waals surface area contributed by atoms with Gasteiger partial charge in [0.1, 0.15) is 5.75 Å². The van der Waals surface area contributed by atoms with E-state index < -0.39 is 6.10 Å². The second kappa shape index (κ2) is 6.08. The molecule has 2 rings (SSSR count). The average molecular weight is 281 g/mol. The Morgan fingerprint density at radius 1 is 1.47 bits per heavy atom. The zero-order valence-corrected chi connectivity index (χ0v) is 11.8. The van der Waals surface area contributed by atoms with Gasteiger partial charge in [-0.2, -0.15) is 5.10 Å². The topological polar surface area (TPSA) is 47.3 Å².